The molecule has 2 bridgehead atoms. The average Bonchev–Trinajstić information content (AvgIpc) is 2.39. The maximum Gasteiger partial charge on any atom is 0.228 e. The number of nitrogens with zero attached hydrogens (tertiary/aromatic N) is 1. The Morgan fingerprint density at radius 1 is 1.21 bits per heavy atom. The fourth-order valence-corrected chi connectivity index (χ4v) is 3.52. The summed E-state index contributed by atoms with van der Waals surface area (Å²) in [6.07, 6.45) is 1.23. The highest BCUT2D eigenvalue weighted by Gasteiger charge is 2.50. The molecule has 3 aliphatic rings. The number of benzene rings is 1. The van der Waals surface area contributed by atoms with Gasteiger partial charge in [-0.3, -0.25) is 4.79 Å². The smallest absolute Gasteiger partial charge is 0.228 e. The fourth-order valence-electron chi connectivity index (χ4n) is 3.52. The third kappa shape index (κ3) is 2.39. The van der Waals surface area contributed by atoms with Crippen molar-refractivity contribution in [3.63, 3.8) is 0 Å². The number of nitrogens with one attached hydrogen (secondary N) is 1. The van der Waals surface area contributed by atoms with E-state index in [1.807, 2.05) is 30.3 Å². The molecule has 0 spiro atoms. The SMILES string of the molecule is CC(C)N1CC2CC(C1)C2C(=O)Nc1ccccc1. The lowest BCUT2D eigenvalue weighted by Crippen LogP contribution is -2.59. The van der Waals surface area contributed by atoms with Crippen LogP contribution in [0.5, 0.6) is 0 Å². The van der Waals surface area contributed by atoms with Gasteiger partial charge in [-0.2, -0.15) is 0 Å². The molecule has 2 saturated heterocycles. The molecule has 3 nitrogen and oxygen atoms in total. The van der Waals surface area contributed by atoms with Gasteiger partial charge in [0.15, 0.2) is 0 Å². The summed E-state index contributed by atoms with van der Waals surface area (Å²) in [5.74, 6) is 1.57. The number of rotatable bonds is 3. The second-order valence-corrected chi connectivity index (χ2v) is 6.18. The number of piperidine rings is 2. The van der Waals surface area contributed by atoms with E-state index in [2.05, 4.69) is 24.1 Å². The van der Waals surface area contributed by atoms with E-state index in [1.165, 1.54) is 6.42 Å². The van der Waals surface area contributed by atoms with E-state index < -0.39 is 0 Å². The minimum absolute atomic E-state index is 0.218. The molecule has 1 N–H and O–H groups in total. The first-order valence-electron chi connectivity index (χ1n) is 7.25. The van der Waals surface area contributed by atoms with Crippen molar-refractivity contribution in [2.45, 2.75) is 26.3 Å². The molecule has 3 fully saturated rings. The number of fused-ring (bicyclic) bond motifs is 2. The van der Waals surface area contributed by atoms with E-state index in [1.54, 1.807) is 0 Å². The zero-order valence-corrected chi connectivity index (χ0v) is 11.7. The van der Waals surface area contributed by atoms with Crippen LogP contribution in [0, 0.1) is 17.8 Å². The van der Waals surface area contributed by atoms with E-state index >= 15 is 0 Å². The third-order valence-corrected chi connectivity index (χ3v) is 4.63. The van der Waals surface area contributed by atoms with Crippen LogP contribution in [0.2, 0.25) is 0 Å². The van der Waals surface area contributed by atoms with Crippen LogP contribution < -0.4 is 5.32 Å². The number of hydrogen-bond donors (Lipinski definition) is 1. The van der Waals surface area contributed by atoms with Gasteiger partial charge in [-0.05, 0) is 44.2 Å². The van der Waals surface area contributed by atoms with E-state index in [0.717, 1.165) is 18.8 Å². The van der Waals surface area contributed by atoms with Crippen molar-refractivity contribution in [2.24, 2.45) is 17.8 Å². The highest BCUT2D eigenvalue weighted by molar-refractivity contribution is 5.93. The Hall–Kier alpha value is -1.35. The van der Waals surface area contributed by atoms with Gasteiger partial charge in [-0.15, -0.1) is 0 Å². The fraction of sp³-hybridized carbons (Fsp3) is 0.562. The largest absolute Gasteiger partial charge is 0.326 e. The second kappa shape index (κ2) is 4.97. The number of amides is 1. The molecule has 3 heteroatoms. The van der Waals surface area contributed by atoms with Crippen LogP contribution in [-0.4, -0.2) is 29.9 Å². The van der Waals surface area contributed by atoms with Gasteiger partial charge in [0.1, 0.15) is 0 Å². The second-order valence-electron chi connectivity index (χ2n) is 6.18. The van der Waals surface area contributed by atoms with Crippen LogP contribution in [0.25, 0.3) is 0 Å². The first-order valence-corrected chi connectivity index (χ1v) is 7.25. The van der Waals surface area contributed by atoms with E-state index in [9.17, 15) is 4.79 Å². The minimum atomic E-state index is 0.218. The Bertz CT molecular complexity index is 445. The lowest BCUT2D eigenvalue weighted by Gasteiger charge is -2.53. The van der Waals surface area contributed by atoms with E-state index in [4.69, 9.17) is 0 Å². The average molecular weight is 258 g/mol. The number of carbonyl (C=O) groups excluding carboxylic acids is 1. The van der Waals surface area contributed by atoms with Gasteiger partial charge in [0.05, 0.1) is 0 Å². The maximum absolute atomic E-state index is 12.4. The van der Waals surface area contributed by atoms with Gasteiger partial charge in [-0.25, -0.2) is 0 Å². The Morgan fingerprint density at radius 3 is 2.42 bits per heavy atom. The zero-order chi connectivity index (χ0) is 13.4. The topological polar surface area (TPSA) is 32.3 Å². The van der Waals surface area contributed by atoms with Crippen molar-refractivity contribution in [2.75, 3.05) is 18.4 Å². The summed E-state index contributed by atoms with van der Waals surface area (Å²) in [5, 5.41) is 3.06. The number of carbonyl (C=O) groups is 1. The van der Waals surface area contributed by atoms with Crippen molar-refractivity contribution in [1.29, 1.82) is 0 Å². The minimum Gasteiger partial charge on any atom is -0.326 e. The molecule has 2 atom stereocenters. The van der Waals surface area contributed by atoms with Crippen LogP contribution >= 0.6 is 0 Å². The molecule has 19 heavy (non-hydrogen) atoms. The van der Waals surface area contributed by atoms with Gasteiger partial charge in [0.25, 0.3) is 0 Å². The summed E-state index contributed by atoms with van der Waals surface area (Å²) in [6.45, 7) is 6.65. The summed E-state index contributed by atoms with van der Waals surface area (Å²) in [7, 11) is 0. The first-order chi connectivity index (χ1) is 9.15. The third-order valence-electron chi connectivity index (χ3n) is 4.63. The lowest BCUT2D eigenvalue weighted by atomic mass is 9.61. The molecule has 1 aromatic rings. The van der Waals surface area contributed by atoms with Gasteiger partial charge in [-0.1, -0.05) is 18.2 Å². The maximum atomic E-state index is 12.4. The Kier molecular flexibility index (Phi) is 3.31. The molecule has 1 amide bonds. The summed E-state index contributed by atoms with van der Waals surface area (Å²) in [4.78, 5) is 14.9. The Balaban J connectivity index is 1.61. The van der Waals surface area contributed by atoms with Crippen molar-refractivity contribution in [1.82, 2.24) is 4.90 Å². The van der Waals surface area contributed by atoms with Gasteiger partial charge < -0.3 is 10.2 Å². The van der Waals surface area contributed by atoms with Gasteiger partial charge in [0, 0.05) is 30.7 Å². The van der Waals surface area contributed by atoms with Gasteiger partial charge >= 0.3 is 0 Å². The number of para-hydroxylation sites is 1. The van der Waals surface area contributed by atoms with Crippen molar-refractivity contribution in [3.8, 4) is 0 Å². The molecule has 2 heterocycles. The zero-order valence-electron chi connectivity index (χ0n) is 11.7. The van der Waals surface area contributed by atoms with Crippen LogP contribution in [0.3, 0.4) is 0 Å². The van der Waals surface area contributed by atoms with Gasteiger partial charge in [0.2, 0.25) is 5.91 Å². The quantitative estimate of drug-likeness (QED) is 0.904. The normalized spacial score (nSPS) is 29.9. The summed E-state index contributed by atoms with van der Waals surface area (Å²) >= 11 is 0. The molecule has 1 aliphatic carbocycles. The molecular formula is C16H22N2O. The summed E-state index contributed by atoms with van der Waals surface area (Å²) in [6, 6.07) is 10.4. The lowest BCUT2D eigenvalue weighted by molar-refractivity contribution is -0.137. The van der Waals surface area contributed by atoms with Crippen LogP contribution in [0.4, 0.5) is 5.69 Å². The standard InChI is InChI=1S/C16H22N2O/c1-11(2)18-9-12-8-13(10-18)15(12)16(19)17-14-6-4-3-5-7-14/h3-7,11-13,15H,8-10H2,1-2H3,(H,17,19). The molecule has 0 aromatic heterocycles. The van der Waals surface area contributed by atoms with Crippen LogP contribution in [0.1, 0.15) is 20.3 Å². The number of hydrogen-bond acceptors (Lipinski definition) is 2. The molecule has 2 unspecified atom stereocenters. The molecule has 1 saturated carbocycles. The molecule has 4 rings (SSSR count). The van der Waals surface area contributed by atoms with E-state index in [0.29, 0.717) is 17.9 Å². The first kappa shape index (κ1) is 12.7. The summed E-state index contributed by atoms with van der Waals surface area (Å²) in [5.41, 5.74) is 0.915. The molecule has 2 aliphatic heterocycles. The molecular weight excluding hydrogens is 236 g/mol. The predicted molar refractivity (Wildman–Crippen MR) is 76.9 cm³/mol. The van der Waals surface area contributed by atoms with Crippen molar-refractivity contribution >= 4 is 11.6 Å². The van der Waals surface area contributed by atoms with Crippen molar-refractivity contribution in [3.05, 3.63) is 30.3 Å². The highest BCUT2D eigenvalue weighted by atomic mass is 16.2. The van der Waals surface area contributed by atoms with Crippen molar-refractivity contribution < 1.29 is 4.79 Å². The van der Waals surface area contributed by atoms with E-state index in [-0.39, 0.29) is 11.8 Å². The molecule has 0 radical (unpaired) electrons. The Labute approximate surface area is 115 Å². The molecule has 102 valence electrons. The number of anilines is 1. The van der Waals surface area contributed by atoms with Crippen LogP contribution in [0.15, 0.2) is 30.3 Å². The molecule has 1 aromatic carbocycles. The van der Waals surface area contributed by atoms with Crippen LogP contribution in [-0.2, 0) is 4.79 Å². The summed E-state index contributed by atoms with van der Waals surface area (Å²) < 4.78 is 0. The highest BCUT2D eigenvalue weighted by Crippen LogP contribution is 2.46. The Morgan fingerprint density at radius 2 is 1.84 bits per heavy atom. The monoisotopic (exact) mass is 258 g/mol. The predicted octanol–water partition coefficient (Wildman–Crippen LogP) is 2.60.